The fourth-order valence-corrected chi connectivity index (χ4v) is 5.13. The molecule has 3 aliphatic rings. The van der Waals surface area contributed by atoms with Crippen LogP contribution >= 0.6 is 15.9 Å². The van der Waals surface area contributed by atoms with Gasteiger partial charge >= 0.3 is 0 Å². The summed E-state index contributed by atoms with van der Waals surface area (Å²) in [4.78, 5) is 29.9. The van der Waals surface area contributed by atoms with Gasteiger partial charge in [0.25, 0.3) is 0 Å². The number of aromatic nitrogens is 3. The van der Waals surface area contributed by atoms with Crippen molar-refractivity contribution in [1.29, 1.82) is 0 Å². The summed E-state index contributed by atoms with van der Waals surface area (Å²) in [5.74, 6) is 0.514. The van der Waals surface area contributed by atoms with E-state index in [1.54, 1.807) is 17.1 Å². The van der Waals surface area contributed by atoms with E-state index in [1.807, 2.05) is 24.3 Å². The molecule has 0 aromatic carbocycles. The van der Waals surface area contributed by atoms with Crippen molar-refractivity contribution in [2.45, 2.75) is 51.5 Å². The minimum atomic E-state index is -0.474. The van der Waals surface area contributed by atoms with Crippen molar-refractivity contribution in [3.05, 3.63) is 57.6 Å². The minimum Gasteiger partial charge on any atom is -0.368 e. The Labute approximate surface area is 195 Å². The lowest BCUT2D eigenvalue weighted by Gasteiger charge is -2.38. The number of hydrogen-bond donors (Lipinski definition) is 2. The van der Waals surface area contributed by atoms with Crippen LogP contribution in [0.1, 0.15) is 62.7 Å². The van der Waals surface area contributed by atoms with Crippen molar-refractivity contribution in [2.24, 2.45) is 17.1 Å². The molecule has 8 heteroatoms. The van der Waals surface area contributed by atoms with Crippen molar-refractivity contribution < 1.29 is 9.59 Å². The molecule has 0 radical (unpaired) electrons. The Hall–Kier alpha value is -2.74. The standard InChI is InChI=1S/C24H26BrN5O2/c1-24(2)9-18-20(19(31)10-24)16(8-7-15-6-5-14(25)11-27-15)17-12-28-30(23(17)29-18)21(22(26)32)13-3-4-13/h5-8,11-13,16,21,29H,3-4,9-10H2,1-2H3,(H2,26,32). The Balaban J connectivity index is 1.60. The molecule has 2 aliphatic carbocycles. The van der Waals surface area contributed by atoms with E-state index in [0.717, 1.165) is 52.1 Å². The third-order valence-electron chi connectivity index (χ3n) is 6.49. The predicted molar refractivity (Wildman–Crippen MR) is 126 cm³/mol. The fourth-order valence-electron chi connectivity index (χ4n) is 4.89. The number of carbonyl (C=O) groups is 2. The van der Waals surface area contributed by atoms with Crippen molar-refractivity contribution in [2.75, 3.05) is 5.32 Å². The van der Waals surface area contributed by atoms with Gasteiger partial charge in [0, 0.05) is 39.8 Å². The number of nitrogens with two attached hydrogens (primary N) is 1. The lowest BCUT2D eigenvalue weighted by Crippen LogP contribution is -2.35. The van der Waals surface area contributed by atoms with Crippen LogP contribution in [0, 0.1) is 11.3 Å². The van der Waals surface area contributed by atoms with Crippen LogP contribution < -0.4 is 11.1 Å². The maximum absolute atomic E-state index is 13.2. The van der Waals surface area contributed by atoms with Gasteiger partial charge in [0.05, 0.1) is 11.9 Å². The maximum Gasteiger partial charge on any atom is 0.242 e. The Morgan fingerprint density at radius 1 is 1.31 bits per heavy atom. The third kappa shape index (κ3) is 3.81. The number of halogens is 1. The second-order valence-corrected chi connectivity index (χ2v) is 10.7. The number of nitrogens with one attached hydrogen (secondary N) is 1. The molecule has 2 aromatic heterocycles. The quantitative estimate of drug-likeness (QED) is 0.641. The number of carbonyl (C=O) groups excluding carboxylic acids is 2. The molecule has 5 rings (SSSR count). The van der Waals surface area contributed by atoms with E-state index in [1.165, 1.54) is 0 Å². The number of ketones is 1. The fraction of sp³-hybridized carbons (Fsp3) is 0.417. The summed E-state index contributed by atoms with van der Waals surface area (Å²) in [6.45, 7) is 4.21. The van der Waals surface area contributed by atoms with Crippen LogP contribution in [-0.2, 0) is 9.59 Å². The first-order valence-electron chi connectivity index (χ1n) is 10.9. The van der Waals surface area contributed by atoms with Crippen molar-refractivity contribution in [3.63, 3.8) is 0 Å². The van der Waals surface area contributed by atoms with Crippen LogP contribution in [0.5, 0.6) is 0 Å². The molecule has 0 saturated heterocycles. The lowest BCUT2D eigenvalue weighted by molar-refractivity contribution is -0.122. The zero-order chi connectivity index (χ0) is 22.6. The van der Waals surface area contributed by atoms with Crippen LogP contribution in [0.25, 0.3) is 6.08 Å². The van der Waals surface area contributed by atoms with E-state index in [0.29, 0.717) is 6.42 Å². The molecule has 2 unspecified atom stereocenters. The molecular formula is C24H26BrN5O2. The summed E-state index contributed by atoms with van der Waals surface area (Å²) in [6.07, 6.45) is 10.7. The SMILES string of the molecule is CC1(C)CC(=O)C2=C(C1)Nc1c(cnn1C(C(N)=O)C1CC1)C2C=Cc1ccc(Br)cn1. The topological polar surface area (TPSA) is 103 Å². The Morgan fingerprint density at radius 3 is 2.75 bits per heavy atom. The summed E-state index contributed by atoms with van der Waals surface area (Å²) >= 11 is 3.41. The van der Waals surface area contributed by atoms with Gasteiger partial charge < -0.3 is 11.1 Å². The zero-order valence-electron chi connectivity index (χ0n) is 18.1. The first kappa shape index (κ1) is 21.1. The number of hydrogen-bond acceptors (Lipinski definition) is 5. The summed E-state index contributed by atoms with van der Waals surface area (Å²) < 4.78 is 2.65. The maximum atomic E-state index is 13.2. The number of allylic oxidation sites excluding steroid dienone is 3. The van der Waals surface area contributed by atoms with Gasteiger partial charge in [-0.15, -0.1) is 0 Å². The van der Waals surface area contributed by atoms with Gasteiger partial charge in [-0.05, 0) is 64.7 Å². The first-order valence-corrected chi connectivity index (χ1v) is 11.7. The first-order chi connectivity index (χ1) is 15.2. The van der Waals surface area contributed by atoms with Crippen molar-refractivity contribution in [3.8, 4) is 0 Å². The number of Topliss-reactive ketones (excluding diaryl/α,β-unsaturated/α-hetero) is 1. The normalized spacial score (nSPS) is 23.0. The molecule has 1 amide bonds. The summed E-state index contributed by atoms with van der Waals surface area (Å²) in [5.41, 5.74) is 9.02. The molecule has 3 heterocycles. The molecule has 0 spiro atoms. The van der Waals surface area contributed by atoms with Crippen LogP contribution in [0.3, 0.4) is 0 Å². The second-order valence-electron chi connectivity index (χ2n) is 9.77. The molecule has 2 aromatic rings. The Morgan fingerprint density at radius 2 is 2.09 bits per heavy atom. The number of pyridine rings is 1. The highest BCUT2D eigenvalue weighted by Crippen LogP contribution is 2.49. The molecule has 1 aliphatic heterocycles. The molecule has 3 N–H and O–H groups in total. The van der Waals surface area contributed by atoms with Crippen molar-refractivity contribution in [1.82, 2.24) is 14.8 Å². The van der Waals surface area contributed by atoms with E-state index in [-0.39, 0.29) is 28.9 Å². The Kier molecular flexibility index (Phi) is 5.08. The molecular weight excluding hydrogens is 470 g/mol. The minimum absolute atomic E-state index is 0.133. The highest BCUT2D eigenvalue weighted by Gasteiger charge is 2.43. The van der Waals surface area contributed by atoms with E-state index in [4.69, 9.17) is 5.73 Å². The number of anilines is 1. The van der Waals surface area contributed by atoms with Crippen molar-refractivity contribution >= 4 is 39.5 Å². The number of amides is 1. The van der Waals surface area contributed by atoms with Gasteiger partial charge in [-0.3, -0.25) is 14.6 Å². The average Bonchev–Trinajstić information content (AvgIpc) is 3.46. The third-order valence-corrected chi connectivity index (χ3v) is 6.96. The Bertz CT molecular complexity index is 1160. The second kappa shape index (κ2) is 7.69. The smallest absolute Gasteiger partial charge is 0.242 e. The number of fused-ring (bicyclic) bond motifs is 1. The van der Waals surface area contributed by atoms with Crippen LogP contribution in [0.2, 0.25) is 0 Å². The predicted octanol–water partition coefficient (Wildman–Crippen LogP) is 4.34. The van der Waals surface area contributed by atoms with E-state index >= 15 is 0 Å². The van der Waals surface area contributed by atoms with Gasteiger partial charge in [0.1, 0.15) is 11.9 Å². The molecule has 0 bridgehead atoms. The molecule has 2 atom stereocenters. The highest BCUT2D eigenvalue weighted by atomic mass is 79.9. The molecule has 7 nitrogen and oxygen atoms in total. The van der Waals surface area contributed by atoms with Gasteiger partial charge in [0.2, 0.25) is 5.91 Å². The highest BCUT2D eigenvalue weighted by molar-refractivity contribution is 9.10. The monoisotopic (exact) mass is 495 g/mol. The zero-order valence-corrected chi connectivity index (χ0v) is 19.7. The van der Waals surface area contributed by atoms with Gasteiger partial charge in [0.15, 0.2) is 5.78 Å². The largest absolute Gasteiger partial charge is 0.368 e. The van der Waals surface area contributed by atoms with Gasteiger partial charge in [-0.25, -0.2) is 4.68 Å². The molecule has 166 valence electrons. The van der Waals surface area contributed by atoms with Crippen LogP contribution in [-0.4, -0.2) is 26.5 Å². The number of rotatable bonds is 5. The molecule has 1 fully saturated rings. The summed E-state index contributed by atoms with van der Waals surface area (Å²) in [7, 11) is 0. The van der Waals surface area contributed by atoms with Gasteiger partial charge in [-0.2, -0.15) is 5.10 Å². The summed E-state index contributed by atoms with van der Waals surface area (Å²) in [6, 6.07) is 3.38. The summed E-state index contributed by atoms with van der Waals surface area (Å²) in [5, 5.41) is 8.06. The van der Waals surface area contributed by atoms with E-state index in [2.05, 4.69) is 45.2 Å². The van der Waals surface area contributed by atoms with E-state index in [9.17, 15) is 9.59 Å². The molecule has 32 heavy (non-hydrogen) atoms. The van der Waals surface area contributed by atoms with E-state index < -0.39 is 6.04 Å². The number of primary amides is 1. The number of nitrogens with zero attached hydrogens (tertiary/aromatic N) is 3. The molecule has 1 saturated carbocycles. The van der Waals surface area contributed by atoms with Crippen LogP contribution in [0.15, 0.2) is 46.3 Å². The lowest BCUT2D eigenvalue weighted by atomic mass is 9.71. The van der Waals surface area contributed by atoms with Crippen LogP contribution in [0.4, 0.5) is 5.82 Å². The van der Waals surface area contributed by atoms with Gasteiger partial charge in [-0.1, -0.05) is 19.9 Å². The average molecular weight is 496 g/mol.